The Bertz CT molecular complexity index is 484. The fraction of sp³-hybridized carbons (Fsp3) is 0.562. The molecule has 5 heteroatoms. The molecule has 1 fully saturated rings. The van der Waals surface area contributed by atoms with Crippen molar-refractivity contribution < 1.29 is 4.79 Å². The molecule has 0 unspecified atom stereocenters. The average Bonchev–Trinajstić information content (AvgIpc) is 2.48. The van der Waals surface area contributed by atoms with Gasteiger partial charge in [0, 0.05) is 39.6 Å². The topological polar surface area (TPSA) is 35.6 Å². The van der Waals surface area contributed by atoms with Gasteiger partial charge >= 0.3 is 0 Å². The highest BCUT2D eigenvalue weighted by atomic mass is 35.5. The first-order chi connectivity index (χ1) is 10.1. The zero-order valence-electron chi connectivity index (χ0n) is 12.9. The van der Waals surface area contributed by atoms with Gasteiger partial charge in [0.1, 0.15) is 0 Å². The predicted molar refractivity (Wildman–Crippen MR) is 87.9 cm³/mol. The monoisotopic (exact) mass is 309 g/mol. The molecule has 1 saturated heterocycles. The first-order valence-electron chi connectivity index (χ1n) is 7.61. The van der Waals surface area contributed by atoms with Crippen LogP contribution in [0.1, 0.15) is 25.8 Å². The smallest absolute Gasteiger partial charge is 0.219 e. The minimum atomic E-state index is 0.151. The number of piperazine rings is 1. The van der Waals surface area contributed by atoms with Gasteiger partial charge in [-0.2, -0.15) is 0 Å². The highest BCUT2D eigenvalue weighted by molar-refractivity contribution is 6.33. The van der Waals surface area contributed by atoms with E-state index in [1.807, 2.05) is 11.0 Å². The van der Waals surface area contributed by atoms with Crippen molar-refractivity contribution in [3.63, 3.8) is 0 Å². The van der Waals surface area contributed by atoms with Gasteiger partial charge in [-0.1, -0.05) is 24.6 Å². The van der Waals surface area contributed by atoms with Gasteiger partial charge in [0.05, 0.1) is 10.7 Å². The van der Waals surface area contributed by atoms with Crippen molar-refractivity contribution in [2.24, 2.45) is 0 Å². The van der Waals surface area contributed by atoms with Crippen LogP contribution in [0.25, 0.3) is 0 Å². The second-order valence-corrected chi connectivity index (χ2v) is 5.86. The Labute approximate surface area is 132 Å². The summed E-state index contributed by atoms with van der Waals surface area (Å²) in [6.07, 6.45) is 1.13. The minimum Gasteiger partial charge on any atom is -0.367 e. The van der Waals surface area contributed by atoms with Gasteiger partial charge in [-0.3, -0.25) is 4.79 Å². The Balaban J connectivity index is 1.96. The lowest BCUT2D eigenvalue weighted by Gasteiger charge is -2.36. The largest absolute Gasteiger partial charge is 0.367 e. The van der Waals surface area contributed by atoms with E-state index in [-0.39, 0.29) is 5.91 Å². The normalized spacial score (nSPS) is 15.4. The molecule has 1 N–H and O–H groups in total. The molecule has 0 spiro atoms. The quantitative estimate of drug-likeness (QED) is 0.849. The van der Waals surface area contributed by atoms with E-state index in [9.17, 15) is 4.79 Å². The molecule has 1 amide bonds. The van der Waals surface area contributed by atoms with Gasteiger partial charge in [-0.05, 0) is 30.7 Å². The lowest BCUT2D eigenvalue weighted by molar-refractivity contribution is -0.129. The molecule has 0 aliphatic carbocycles. The highest BCUT2D eigenvalue weighted by Gasteiger charge is 2.20. The van der Waals surface area contributed by atoms with Crippen LogP contribution in [0.2, 0.25) is 5.02 Å². The highest BCUT2D eigenvalue weighted by Crippen LogP contribution is 2.27. The van der Waals surface area contributed by atoms with E-state index in [2.05, 4.69) is 29.3 Å². The molecule has 21 heavy (non-hydrogen) atoms. The van der Waals surface area contributed by atoms with E-state index in [4.69, 9.17) is 11.6 Å². The number of nitrogens with one attached hydrogen (secondary N) is 1. The second-order valence-electron chi connectivity index (χ2n) is 5.46. The fourth-order valence-electron chi connectivity index (χ4n) is 2.59. The van der Waals surface area contributed by atoms with Gasteiger partial charge in [-0.25, -0.2) is 0 Å². The van der Waals surface area contributed by atoms with Crippen molar-refractivity contribution in [2.75, 3.05) is 37.6 Å². The van der Waals surface area contributed by atoms with Crippen molar-refractivity contribution in [2.45, 2.75) is 26.8 Å². The zero-order chi connectivity index (χ0) is 15.2. The zero-order valence-corrected chi connectivity index (χ0v) is 13.6. The van der Waals surface area contributed by atoms with Crippen molar-refractivity contribution in [3.05, 3.63) is 28.8 Å². The summed E-state index contributed by atoms with van der Waals surface area (Å²) >= 11 is 6.42. The van der Waals surface area contributed by atoms with Gasteiger partial charge in [0.25, 0.3) is 0 Å². The molecular weight excluding hydrogens is 286 g/mol. The summed E-state index contributed by atoms with van der Waals surface area (Å²) in [7, 11) is 0. The van der Waals surface area contributed by atoms with Crippen LogP contribution in [0.15, 0.2) is 18.2 Å². The average molecular weight is 310 g/mol. The van der Waals surface area contributed by atoms with Crippen LogP contribution in [0.3, 0.4) is 0 Å². The number of amides is 1. The fourth-order valence-corrected chi connectivity index (χ4v) is 2.91. The summed E-state index contributed by atoms with van der Waals surface area (Å²) in [5, 5.41) is 4.17. The second kappa shape index (κ2) is 7.66. The third-order valence-electron chi connectivity index (χ3n) is 3.83. The van der Waals surface area contributed by atoms with Gasteiger partial charge in [0.15, 0.2) is 0 Å². The minimum absolute atomic E-state index is 0.151. The number of carbonyl (C=O) groups is 1. The third-order valence-corrected chi connectivity index (χ3v) is 4.14. The van der Waals surface area contributed by atoms with E-state index in [1.54, 1.807) is 6.92 Å². The maximum atomic E-state index is 11.4. The predicted octanol–water partition coefficient (Wildman–Crippen LogP) is 2.51. The number of anilines is 1. The van der Waals surface area contributed by atoms with Crippen LogP contribution in [0, 0.1) is 0 Å². The SMILES string of the molecule is CCCNCc1ccc(N2CCN(C(C)=O)CC2)c(Cl)c1. The van der Waals surface area contributed by atoms with Gasteiger partial charge in [-0.15, -0.1) is 0 Å². The maximum absolute atomic E-state index is 11.4. The summed E-state index contributed by atoms with van der Waals surface area (Å²) in [5.41, 5.74) is 2.28. The van der Waals surface area contributed by atoms with Crippen molar-refractivity contribution in [1.29, 1.82) is 0 Å². The van der Waals surface area contributed by atoms with E-state index >= 15 is 0 Å². The van der Waals surface area contributed by atoms with E-state index in [1.165, 1.54) is 5.56 Å². The van der Waals surface area contributed by atoms with Crippen LogP contribution in [0.4, 0.5) is 5.69 Å². The summed E-state index contributed by atoms with van der Waals surface area (Å²) in [5.74, 6) is 0.151. The number of halogens is 1. The Hall–Kier alpha value is -1.26. The molecule has 1 aromatic rings. The van der Waals surface area contributed by atoms with E-state index in [0.29, 0.717) is 0 Å². The third kappa shape index (κ3) is 4.35. The van der Waals surface area contributed by atoms with Crippen LogP contribution >= 0.6 is 11.6 Å². The molecule has 0 radical (unpaired) electrons. The Morgan fingerprint density at radius 2 is 2.00 bits per heavy atom. The lowest BCUT2D eigenvalue weighted by atomic mass is 10.1. The van der Waals surface area contributed by atoms with E-state index < -0.39 is 0 Å². The van der Waals surface area contributed by atoms with E-state index in [0.717, 1.165) is 56.4 Å². The van der Waals surface area contributed by atoms with Gasteiger partial charge < -0.3 is 15.1 Å². The van der Waals surface area contributed by atoms with Crippen molar-refractivity contribution in [3.8, 4) is 0 Å². The van der Waals surface area contributed by atoms with Crippen molar-refractivity contribution in [1.82, 2.24) is 10.2 Å². The van der Waals surface area contributed by atoms with Crippen LogP contribution < -0.4 is 10.2 Å². The number of nitrogens with zero attached hydrogens (tertiary/aromatic N) is 2. The first-order valence-corrected chi connectivity index (χ1v) is 7.99. The molecule has 1 aliphatic rings. The van der Waals surface area contributed by atoms with Gasteiger partial charge in [0.2, 0.25) is 5.91 Å². The molecule has 0 saturated carbocycles. The van der Waals surface area contributed by atoms with Crippen LogP contribution in [0.5, 0.6) is 0 Å². The molecule has 0 aromatic heterocycles. The first kappa shape index (κ1) is 16.1. The molecule has 1 heterocycles. The maximum Gasteiger partial charge on any atom is 0.219 e. The number of benzene rings is 1. The molecule has 1 aromatic carbocycles. The molecular formula is C16H24ClN3O. The number of carbonyl (C=O) groups excluding carboxylic acids is 1. The Morgan fingerprint density at radius 1 is 1.29 bits per heavy atom. The van der Waals surface area contributed by atoms with Crippen LogP contribution in [-0.2, 0) is 11.3 Å². The standard InChI is InChI=1S/C16H24ClN3O/c1-3-6-18-12-14-4-5-16(15(17)11-14)20-9-7-19(8-10-20)13(2)21/h4-5,11,18H,3,6-10,12H2,1-2H3. The van der Waals surface area contributed by atoms with Crippen molar-refractivity contribution >= 4 is 23.2 Å². The number of rotatable bonds is 5. The summed E-state index contributed by atoms with van der Waals surface area (Å²) < 4.78 is 0. The molecule has 4 nitrogen and oxygen atoms in total. The summed E-state index contributed by atoms with van der Waals surface area (Å²) in [4.78, 5) is 15.5. The molecule has 2 rings (SSSR count). The Kier molecular flexibility index (Phi) is 5.88. The molecule has 0 atom stereocenters. The summed E-state index contributed by atoms with van der Waals surface area (Å²) in [6.45, 7) is 8.87. The van der Waals surface area contributed by atoms with Crippen LogP contribution in [-0.4, -0.2) is 43.5 Å². The number of hydrogen-bond acceptors (Lipinski definition) is 3. The molecule has 0 bridgehead atoms. The molecule has 116 valence electrons. The molecule has 1 aliphatic heterocycles. The number of hydrogen-bond donors (Lipinski definition) is 1. The summed E-state index contributed by atoms with van der Waals surface area (Å²) in [6, 6.07) is 6.26. The lowest BCUT2D eigenvalue weighted by Crippen LogP contribution is -2.48. The Morgan fingerprint density at radius 3 is 2.57 bits per heavy atom.